The lowest BCUT2D eigenvalue weighted by molar-refractivity contribution is -0.133. The van der Waals surface area contributed by atoms with Crippen LogP contribution in [0.4, 0.5) is 5.95 Å². The molecule has 1 aliphatic heterocycles. The average molecular weight is 312 g/mol. The van der Waals surface area contributed by atoms with E-state index >= 15 is 0 Å². The van der Waals surface area contributed by atoms with E-state index in [0.29, 0.717) is 23.9 Å². The first-order valence-corrected chi connectivity index (χ1v) is 8.27. The molecule has 2 fully saturated rings. The molecule has 0 amide bonds. The molecule has 2 unspecified atom stereocenters. The standard InChI is InChI=1S/C13H20N4O3S/c1-16-12(14-15-13(16)21-8-11(18)19)17-6-7-20-10-5-3-2-4-9(10)17/h9-10H,2-8H2,1H3,(H,18,19). The number of aromatic nitrogens is 3. The molecule has 1 aromatic rings. The Kier molecular flexibility index (Phi) is 4.34. The lowest BCUT2D eigenvalue weighted by Gasteiger charge is -2.43. The molecule has 8 heteroatoms. The highest BCUT2D eigenvalue weighted by atomic mass is 32.2. The molecule has 1 aliphatic carbocycles. The number of thioether (sulfide) groups is 1. The molecular formula is C13H20N4O3S. The van der Waals surface area contributed by atoms with Crippen LogP contribution in [-0.2, 0) is 16.6 Å². The number of morpholine rings is 1. The van der Waals surface area contributed by atoms with Crippen LogP contribution in [0.2, 0.25) is 0 Å². The van der Waals surface area contributed by atoms with Crippen molar-refractivity contribution in [2.75, 3.05) is 23.8 Å². The maximum Gasteiger partial charge on any atom is 0.313 e. The van der Waals surface area contributed by atoms with E-state index in [1.54, 1.807) is 0 Å². The fourth-order valence-corrected chi connectivity index (χ4v) is 3.78. The van der Waals surface area contributed by atoms with Gasteiger partial charge in [0, 0.05) is 13.6 Å². The molecule has 3 rings (SSSR count). The Morgan fingerprint density at radius 3 is 3.05 bits per heavy atom. The zero-order valence-corrected chi connectivity index (χ0v) is 12.9. The van der Waals surface area contributed by atoms with Gasteiger partial charge in [-0.1, -0.05) is 24.6 Å². The maximum atomic E-state index is 10.7. The highest BCUT2D eigenvalue weighted by Gasteiger charge is 2.36. The summed E-state index contributed by atoms with van der Waals surface area (Å²) in [5, 5.41) is 17.8. The molecule has 1 N–H and O–H groups in total. The average Bonchev–Trinajstić information content (AvgIpc) is 2.85. The smallest absolute Gasteiger partial charge is 0.313 e. The minimum Gasteiger partial charge on any atom is -0.481 e. The van der Waals surface area contributed by atoms with E-state index < -0.39 is 5.97 Å². The predicted molar refractivity (Wildman–Crippen MR) is 78.7 cm³/mol. The third kappa shape index (κ3) is 3.01. The fourth-order valence-electron chi connectivity index (χ4n) is 3.15. The summed E-state index contributed by atoms with van der Waals surface area (Å²) in [6.45, 7) is 1.53. The zero-order chi connectivity index (χ0) is 14.8. The first kappa shape index (κ1) is 14.6. The van der Waals surface area contributed by atoms with Gasteiger partial charge in [0.25, 0.3) is 0 Å². The Bertz CT molecular complexity index is 520. The number of fused-ring (bicyclic) bond motifs is 1. The number of hydrogen-bond donors (Lipinski definition) is 1. The number of nitrogens with zero attached hydrogens (tertiary/aromatic N) is 4. The second-order valence-corrected chi connectivity index (χ2v) is 6.42. The van der Waals surface area contributed by atoms with Gasteiger partial charge in [-0.2, -0.15) is 0 Å². The van der Waals surface area contributed by atoms with E-state index in [0.717, 1.165) is 25.3 Å². The summed E-state index contributed by atoms with van der Waals surface area (Å²) in [6, 6.07) is 0.368. The van der Waals surface area contributed by atoms with Gasteiger partial charge in [0.2, 0.25) is 5.95 Å². The van der Waals surface area contributed by atoms with Crippen molar-refractivity contribution < 1.29 is 14.6 Å². The van der Waals surface area contributed by atoms with Crippen LogP contribution in [-0.4, -0.2) is 56.9 Å². The Morgan fingerprint density at radius 1 is 1.43 bits per heavy atom. The molecule has 1 aromatic heterocycles. The van der Waals surface area contributed by atoms with Crippen molar-refractivity contribution >= 4 is 23.7 Å². The molecule has 0 spiro atoms. The molecule has 21 heavy (non-hydrogen) atoms. The summed E-state index contributed by atoms with van der Waals surface area (Å²) in [7, 11) is 1.90. The molecular weight excluding hydrogens is 292 g/mol. The molecule has 2 heterocycles. The zero-order valence-electron chi connectivity index (χ0n) is 12.1. The fraction of sp³-hybridized carbons (Fsp3) is 0.769. The summed E-state index contributed by atoms with van der Waals surface area (Å²) in [6.07, 6.45) is 4.97. The van der Waals surface area contributed by atoms with Crippen LogP contribution in [0.25, 0.3) is 0 Å². The number of anilines is 1. The van der Waals surface area contributed by atoms with Gasteiger partial charge in [-0.15, -0.1) is 10.2 Å². The van der Waals surface area contributed by atoms with Gasteiger partial charge in [0.05, 0.1) is 24.5 Å². The molecule has 2 atom stereocenters. The van der Waals surface area contributed by atoms with Crippen molar-refractivity contribution in [1.82, 2.24) is 14.8 Å². The molecule has 0 radical (unpaired) electrons. The Balaban J connectivity index is 1.77. The Hall–Kier alpha value is -1.28. The quantitative estimate of drug-likeness (QED) is 0.835. The number of ether oxygens (including phenoxy) is 1. The molecule has 2 aliphatic rings. The van der Waals surface area contributed by atoms with Crippen LogP contribution < -0.4 is 4.90 Å². The third-order valence-corrected chi connectivity index (χ3v) is 5.13. The van der Waals surface area contributed by atoms with Crippen LogP contribution >= 0.6 is 11.8 Å². The molecule has 1 saturated heterocycles. The van der Waals surface area contributed by atoms with Gasteiger partial charge in [0.1, 0.15) is 0 Å². The summed E-state index contributed by atoms with van der Waals surface area (Å²) in [5.74, 6) is -0.0208. The second-order valence-electron chi connectivity index (χ2n) is 5.48. The lowest BCUT2D eigenvalue weighted by Crippen LogP contribution is -2.53. The maximum absolute atomic E-state index is 10.7. The van der Waals surface area contributed by atoms with Crippen molar-refractivity contribution in [1.29, 1.82) is 0 Å². The number of rotatable bonds is 4. The van der Waals surface area contributed by atoms with Crippen LogP contribution in [0, 0.1) is 0 Å². The number of carbonyl (C=O) groups is 1. The van der Waals surface area contributed by atoms with E-state index in [1.165, 1.54) is 24.6 Å². The summed E-state index contributed by atoms with van der Waals surface area (Å²) in [5.41, 5.74) is 0. The van der Waals surface area contributed by atoms with Gasteiger partial charge in [-0.25, -0.2) is 0 Å². The molecule has 0 bridgehead atoms. The summed E-state index contributed by atoms with van der Waals surface area (Å²) >= 11 is 1.20. The number of hydrogen-bond acceptors (Lipinski definition) is 6. The van der Waals surface area contributed by atoms with Crippen molar-refractivity contribution in [3.05, 3.63) is 0 Å². The largest absolute Gasteiger partial charge is 0.481 e. The number of carboxylic acids is 1. The minimum atomic E-state index is -0.844. The summed E-state index contributed by atoms with van der Waals surface area (Å²) in [4.78, 5) is 13.0. The topological polar surface area (TPSA) is 80.5 Å². The second kappa shape index (κ2) is 6.23. The van der Waals surface area contributed by atoms with Crippen LogP contribution in [0.1, 0.15) is 25.7 Å². The van der Waals surface area contributed by atoms with Crippen LogP contribution in [0.3, 0.4) is 0 Å². The number of aliphatic carboxylic acids is 1. The van der Waals surface area contributed by atoms with Gasteiger partial charge in [-0.3, -0.25) is 9.36 Å². The molecule has 0 aromatic carbocycles. The van der Waals surface area contributed by atoms with Crippen LogP contribution in [0.5, 0.6) is 0 Å². The lowest BCUT2D eigenvalue weighted by atomic mass is 9.90. The van der Waals surface area contributed by atoms with E-state index in [2.05, 4.69) is 15.1 Å². The molecule has 7 nitrogen and oxygen atoms in total. The SMILES string of the molecule is Cn1c(SCC(=O)O)nnc1N1CCOC2CCCCC21. The highest BCUT2D eigenvalue weighted by molar-refractivity contribution is 7.99. The molecule has 1 saturated carbocycles. The van der Waals surface area contributed by atoms with E-state index in [4.69, 9.17) is 9.84 Å². The van der Waals surface area contributed by atoms with Gasteiger partial charge in [0.15, 0.2) is 5.16 Å². The summed E-state index contributed by atoms with van der Waals surface area (Å²) < 4.78 is 7.77. The van der Waals surface area contributed by atoms with E-state index in [-0.39, 0.29) is 5.75 Å². The number of carboxylic acid groups (broad SMARTS) is 1. The van der Waals surface area contributed by atoms with Crippen molar-refractivity contribution in [2.45, 2.75) is 43.0 Å². The van der Waals surface area contributed by atoms with E-state index in [1.807, 2.05) is 11.6 Å². The highest BCUT2D eigenvalue weighted by Crippen LogP contribution is 2.32. The first-order chi connectivity index (χ1) is 10.2. The third-order valence-electron chi connectivity index (χ3n) is 4.13. The van der Waals surface area contributed by atoms with Gasteiger partial charge in [-0.05, 0) is 12.8 Å². The van der Waals surface area contributed by atoms with Crippen LogP contribution in [0.15, 0.2) is 5.16 Å². The van der Waals surface area contributed by atoms with Crippen molar-refractivity contribution in [2.24, 2.45) is 7.05 Å². The Labute approximate surface area is 127 Å². The van der Waals surface area contributed by atoms with Crippen molar-refractivity contribution in [3.8, 4) is 0 Å². The normalized spacial score (nSPS) is 25.7. The first-order valence-electron chi connectivity index (χ1n) is 7.29. The predicted octanol–water partition coefficient (Wildman–Crippen LogP) is 1.14. The molecule has 116 valence electrons. The van der Waals surface area contributed by atoms with Gasteiger partial charge >= 0.3 is 5.97 Å². The Morgan fingerprint density at radius 2 is 2.24 bits per heavy atom. The van der Waals surface area contributed by atoms with E-state index in [9.17, 15) is 4.79 Å². The van der Waals surface area contributed by atoms with Gasteiger partial charge < -0.3 is 14.7 Å². The monoisotopic (exact) mass is 312 g/mol. The minimum absolute atomic E-state index is 0.00113. The van der Waals surface area contributed by atoms with Crippen molar-refractivity contribution in [3.63, 3.8) is 0 Å².